The van der Waals surface area contributed by atoms with Crippen LogP contribution >= 0.6 is 0 Å². The molecule has 1 N–H and O–H groups in total. The lowest BCUT2D eigenvalue weighted by atomic mass is 10.2. The van der Waals surface area contributed by atoms with Gasteiger partial charge in [0.25, 0.3) is 5.91 Å². The number of rotatable bonds is 4. The summed E-state index contributed by atoms with van der Waals surface area (Å²) in [5, 5.41) is 2.74. The van der Waals surface area contributed by atoms with Crippen LogP contribution in [0.5, 0.6) is 11.5 Å². The number of hydrogen-bond acceptors (Lipinski definition) is 3. The molecule has 0 saturated carbocycles. The van der Waals surface area contributed by atoms with E-state index < -0.39 is 0 Å². The van der Waals surface area contributed by atoms with Crippen molar-refractivity contribution < 1.29 is 13.9 Å². The van der Waals surface area contributed by atoms with Crippen LogP contribution in [0.25, 0.3) is 0 Å². The summed E-state index contributed by atoms with van der Waals surface area (Å²) in [6.45, 7) is 1.86. The molecule has 0 atom stereocenters. The molecule has 0 aliphatic carbocycles. The molecule has 0 spiro atoms. The summed E-state index contributed by atoms with van der Waals surface area (Å²) in [4.78, 5) is 16.4. The van der Waals surface area contributed by atoms with Crippen molar-refractivity contribution in [2.75, 3.05) is 5.32 Å². The Labute approximate surface area is 138 Å². The molecule has 0 fully saturated rings. The summed E-state index contributed by atoms with van der Waals surface area (Å²) in [7, 11) is 0. The Hall–Kier alpha value is -3.21. The minimum absolute atomic E-state index is 0.249. The predicted molar refractivity (Wildman–Crippen MR) is 89.8 cm³/mol. The van der Waals surface area contributed by atoms with Gasteiger partial charge in [-0.05, 0) is 67.6 Å². The smallest absolute Gasteiger partial charge is 0.256 e. The number of nitrogens with one attached hydrogen (secondary N) is 1. The molecule has 1 heterocycles. The summed E-state index contributed by atoms with van der Waals surface area (Å²) < 4.78 is 18.5. The van der Waals surface area contributed by atoms with Crippen LogP contribution in [0.2, 0.25) is 0 Å². The second kappa shape index (κ2) is 6.91. The van der Waals surface area contributed by atoms with E-state index >= 15 is 0 Å². The fraction of sp³-hybridized carbons (Fsp3) is 0.0526. The van der Waals surface area contributed by atoms with Crippen molar-refractivity contribution in [1.82, 2.24) is 4.98 Å². The van der Waals surface area contributed by atoms with Crippen LogP contribution in [0.1, 0.15) is 16.1 Å². The van der Waals surface area contributed by atoms with E-state index in [0.29, 0.717) is 22.9 Å². The van der Waals surface area contributed by atoms with E-state index in [1.54, 1.807) is 42.5 Å². The van der Waals surface area contributed by atoms with Gasteiger partial charge < -0.3 is 10.1 Å². The first-order valence-electron chi connectivity index (χ1n) is 7.39. The van der Waals surface area contributed by atoms with E-state index in [-0.39, 0.29) is 11.7 Å². The molecule has 1 aromatic heterocycles. The predicted octanol–water partition coefficient (Wildman–Crippen LogP) is 4.57. The highest BCUT2D eigenvalue weighted by molar-refractivity contribution is 6.03. The first-order chi connectivity index (χ1) is 11.6. The van der Waals surface area contributed by atoms with Gasteiger partial charge in [0.1, 0.15) is 23.1 Å². The van der Waals surface area contributed by atoms with Crippen molar-refractivity contribution in [1.29, 1.82) is 0 Å². The SMILES string of the molecule is Cc1cccc(NC(=O)c2ccc(Oc3ccc(F)cc3)cc2)n1. The van der Waals surface area contributed by atoms with Crippen molar-refractivity contribution >= 4 is 11.7 Å². The number of pyridine rings is 1. The van der Waals surface area contributed by atoms with Crippen LogP contribution in [0.3, 0.4) is 0 Å². The molecule has 2 aromatic carbocycles. The van der Waals surface area contributed by atoms with Crippen molar-refractivity contribution in [2.24, 2.45) is 0 Å². The van der Waals surface area contributed by atoms with E-state index in [4.69, 9.17) is 4.74 Å². The zero-order chi connectivity index (χ0) is 16.9. The second-order valence-corrected chi connectivity index (χ2v) is 5.20. The number of anilines is 1. The molecule has 5 heteroatoms. The van der Waals surface area contributed by atoms with Gasteiger partial charge in [-0.25, -0.2) is 9.37 Å². The minimum atomic E-state index is -0.320. The summed E-state index contributed by atoms with van der Waals surface area (Å²) in [5.74, 6) is 1.02. The average Bonchev–Trinajstić information content (AvgIpc) is 2.57. The van der Waals surface area contributed by atoms with E-state index in [2.05, 4.69) is 10.3 Å². The van der Waals surface area contributed by atoms with Gasteiger partial charge >= 0.3 is 0 Å². The number of amides is 1. The van der Waals surface area contributed by atoms with E-state index in [1.807, 2.05) is 19.1 Å². The molecule has 1 amide bonds. The monoisotopic (exact) mass is 322 g/mol. The average molecular weight is 322 g/mol. The normalized spacial score (nSPS) is 10.2. The van der Waals surface area contributed by atoms with E-state index in [0.717, 1.165) is 5.69 Å². The first-order valence-corrected chi connectivity index (χ1v) is 7.39. The lowest BCUT2D eigenvalue weighted by Gasteiger charge is -2.08. The van der Waals surface area contributed by atoms with Crippen molar-refractivity contribution in [3.63, 3.8) is 0 Å². The maximum absolute atomic E-state index is 12.9. The van der Waals surface area contributed by atoms with Crippen LogP contribution in [0, 0.1) is 12.7 Å². The van der Waals surface area contributed by atoms with E-state index in [9.17, 15) is 9.18 Å². The molecule has 0 aliphatic heterocycles. The summed E-state index contributed by atoms with van der Waals surface area (Å²) in [6.07, 6.45) is 0. The third-order valence-corrected chi connectivity index (χ3v) is 3.30. The van der Waals surface area contributed by atoms with Gasteiger partial charge in [-0.2, -0.15) is 0 Å². The van der Waals surface area contributed by atoms with E-state index in [1.165, 1.54) is 12.1 Å². The van der Waals surface area contributed by atoms with Crippen LogP contribution in [-0.4, -0.2) is 10.9 Å². The largest absolute Gasteiger partial charge is 0.457 e. The fourth-order valence-corrected chi connectivity index (χ4v) is 2.11. The molecular formula is C19H15FN2O2. The van der Waals surface area contributed by atoms with Crippen LogP contribution in [0.4, 0.5) is 10.2 Å². The van der Waals surface area contributed by atoms with Crippen molar-refractivity contribution in [3.8, 4) is 11.5 Å². The molecule has 4 nitrogen and oxygen atoms in total. The number of aromatic nitrogens is 1. The number of nitrogens with zero attached hydrogens (tertiary/aromatic N) is 1. The zero-order valence-corrected chi connectivity index (χ0v) is 13.0. The quantitative estimate of drug-likeness (QED) is 0.765. The van der Waals surface area contributed by atoms with Crippen LogP contribution in [-0.2, 0) is 0 Å². The van der Waals surface area contributed by atoms with Gasteiger partial charge in [-0.15, -0.1) is 0 Å². The maximum Gasteiger partial charge on any atom is 0.256 e. The molecule has 0 aliphatic rings. The lowest BCUT2D eigenvalue weighted by Crippen LogP contribution is -2.12. The standard InChI is InChI=1S/C19H15FN2O2/c1-13-3-2-4-18(21-13)22-19(23)14-5-9-16(10-6-14)24-17-11-7-15(20)8-12-17/h2-12H,1H3,(H,21,22,23). The zero-order valence-electron chi connectivity index (χ0n) is 13.0. The Kier molecular flexibility index (Phi) is 4.52. The van der Waals surface area contributed by atoms with Crippen molar-refractivity contribution in [2.45, 2.75) is 6.92 Å². The van der Waals surface area contributed by atoms with Gasteiger partial charge in [0, 0.05) is 11.3 Å². The Balaban J connectivity index is 1.67. The summed E-state index contributed by atoms with van der Waals surface area (Å²) >= 11 is 0. The number of benzene rings is 2. The van der Waals surface area contributed by atoms with Gasteiger partial charge in [0.2, 0.25) is 0 Å². The number of aryl methyl sites for hydroxylation is 1. The van der Waals surface area contributed by atoms with Gasteiger partial charge in [0.15, 0.2) is 0 Å². The topological polar surface area (TPSA) is 51.2 Å². The molecule has 0 saturated heterocycles. The molecular weight excluding hydrogens is 307 g/mol. The number of halogens is 1. The maximum atomic E-state index is 12.9. The summed E-state index contributed by atoms with van der Waals surface area (Å²) in [6, 6.07) is 17.8. The number of hydrogen-bond donors (Lipinski definition) is 1. The molecule has 0 bridgehead atoms. The molecule has 3 rings (SSSR count). The van der Waals surface area contributed by atoms with Gasteiger partial charge in [0.05, 0.1) is 0 Å². The highest BCUT2D eigenvalue weighted by Crippen LogP contribution is 2.22. The van der Waals surface area contributed by atoms with Gasteiger partial charge in [-0.1, -0.05) is 6.07 Å². The number of carbonyl (C=O) groups excluding carboxylic acids is 1. The molecule has 3 aromatic rings. The Morgan fingerprint density at radius 2 is 1.58 bits per heavy atom. The molecule has 0 radical (unpaired) electrons. The van der Waals surface area contributed by atoms with Crippen molar-refractivity contribution in [3.05, 3.63) is 83.8 Å². The fourth-order valence-electron chi connectivity index (χ4n) is 2.11. The number of ether oxygens (including phenoxy) is 1. The lowest BCUT2D eigenvalue weighted by molar-refractivity contribution is 0.102. The Morgan fingerprint density at radius 3 is 2.21 bits per heavy atom. The molecule has 24 heavy (non-hydrogen) atoms. The number of carbonyl (C=O) groups is 1. The highest BCUT2D eigenvalue weighted by Gasteiger charge is 2.07. The molecule has 120 valence electrons. The van der Waals surface area contributed by atoms with Gasteiger partial charge in [-0.3, -0.25) is 4.79 Å². The van der Waals surface area contributed by atoms with Crippen LogP contribution in [0.15, 0.2) is 66.7 Å². The first kappa shape index (κ1) is 15.7. The third kappa shape index (κ3) is 3.95. The second-order valence-electron chi connectivity index (χ2n) is 5.20. The Morgan fingerprint density at radius 1 is 0.958 bits per heavy atom. The Bertz CT molecular complexity index is 846. The van der Waals surface area contributed by atoms with Crippen LogP contribution < -0.4 is 10.1 Å². The highest BCUT2D eigenvalue weighted by atomic mass is 19.1. The third-order valence-electron chi connectivity index (χ3n) is 3.30. The molecule has 0 unspecified atom stereocenters. The summed E-state index contributed by atoms with van der Waals surface area (Å²) in [5.41, 5.74) is 1.32. The minimum Gasteiger partial charge on any atom is -0.457 e.